The lowest BCUT2D eigenvalue weighted by Gasteiger charge is -2.36. The highest BCUT2D eigenvalue weighted by atomic mass is 19.1. The molecule has 1 saturated carbocycles. The molecule has 33 heavy (non-hydrogen) atoms. The standard InChI is InChI=1S/C24H35FN4O4/c1-31-23(32-2)16-22(30)26-19-6-3-17(4-7-19)9-10-28-11-13-29(14-12-28)24-20-15-18(25)5-8-21(20)33-27-24/h5,8,15,17,19,23H,3-4,6-7,9-14,16H2,1-2H3,(H,26,30)/t17-,19-. The molecule has 182 valence electrons. The zero-order valence-corrected chi connectivity index (χ0v) is 19.6. The second-order valence-corrected chi connectivity index (χ2v) is 9.15. The fourth-order valence-corrected chi connectivity index (χ4v) is 4.97. The lowest BCUT2D eigenvalue weighted by Crippen LogP contribution is -2.47. The zero-order chi connectivity index (χ0) is 23.2. The number of carbonyl (C=O) groups is 1. The first kappa shape index (κ1) is 23.9. The molecule has 1 aromatic heterocycles. The Morgan fingerprint density at radius 3 is 2.61 bits per heavy atom. The third kappa shape index (κ3) is 6.22. The van der Waals surface area contributed by atoms with Gasteiger partial charge >= 0.3 is 0 Å². The summed E-state index contributed by atoms with van der Waals surface area (Å²) < 4.78 is 29.2. The number of ether oxygens (including phenoxy) is 2. The second kappa shape index (κ2) is 11.3. The van der Waals surface area contributed by atoms with Crippen LogP contribution in [-0.2, 0) is 14.3 Å². The molecular weight excluding hydrogens is 427 g/mol. The highest BCUT2D eigenvalue weighted by Gasteiger charge is 2.26. The van der Waals surface area contributed by atoms with Gasteiger partial charge in [0.15, 0.2) is 17.7 Å². The van der Waals surface area contributed by atoms with E-state index in [4.69, 9.17) is 14.0 Å². The average Bonchev–Trinajstić information content (AvgIpc) is 3.25. The summed E-state index contributed by atoms with van der Waals surface area (Å²) in [5.74, 6) is 1.18. The van der Waals surface area contributed by atoms with Crippen LogP contribution in [0.2, 0.25) is 0 Å². The van der Waals surface area contributed by atoms with E-state index in [0.29, 0.717) is 11.5 Å². The minimum Gasteiger partial charge on any atom is -0.355 e. The minimum atomic E-state index is -0.481. The number of amides is 1. The van der Waals surface area contributed by atoms with Crippen LogP contribution in [0.4, 0.5) is 10.2 Å². The molecular formula is C24H35FN4O4. The number of methoxy groups -OCH3 is 2. The molecule has 0 bridgehead atoms. The molecule has 1 aromatic carbocycles. The van der Waals surface area contributed by atoms with Crippen molar-refractivity contribution in [1.82, 2.24) is 15.4 Å². The molecule has 9 heteroatoms. The van der Waals surface area contributed by atoms with Gasteiger partial charge in [-0.25, -0.2) is 4.39 Å². The van der Waals surface area contributed by atoms with Crippen LogP contribution >= 0.6 is 0 Å². The van der Waals surface area contributed by atoms with Gasteiger partial charge < -0.3 is 24.2 Å². The van der Waals surface area contributed by atoms with Crippen molar-refractivity contribution in [1.29, 1.82) is 0 Å². The molecule has 2 aromatic rings. The predicted molar refractivity (Wildman–Crippen MR) is 124 cm³/mol. The van der Waals surface area contributed by atoms with Crippen molar-refractivity contribution < 1.29 is 23.2 Å². The van der Waals surface area contributed by atoms with E-state index in [-0.39, 0.29) is 24.2 Å². The van der Waals surface area contributed by atoms with Crippen LogP contribution in [0.3, 0.4) is 0 Å². The Morgan fingerprint density at radius 1 is 1.18 bits per heavy atom. The SMILES string of the molecule is COC(CC(=O)N[C@H]1CC[C@H](CCN2CCN(c3noc4ccc(F)cc34)CC2)CC1)OC. The topological polar surface area (TPSA) is 80.1 Å². The van der Waals surface area contributed by atoms with Crippen LogP contribution in [-0.4, -0.2) is 75.2 Å². The molecule has 1 amide bonds. The molecule has 2 fully saturated rings. The van der Waals surface area contributed by atoms with E-state index >= 15 is 0 Å². The van der Waals surface area contributed by atoms with Gasteiger partial charge in [0.1, 0.15) is 5.82 Å². The Bertz CT molecular complexity index is 903. The van der Waals surface area contributed by atoms with Crippen molar-refractivity contribution in [2.45, 2.75) is 50.9 Å². The van der Waals surface area contributed by atoms with Crippen molar-refractivity contribution in [2.24, 2.45) is 5.92 Å². The first-order valence-corrected chi connectivity index (χ1v) is 11.9. The largest absolute Gasteiger partial charge is 0.355 e. The van der Waals surface area contributed by atoms with E-state index in [1.807, 2.05) is 0 Å². The van der Waals surface area contributed by atoms with E-state index < -0.39 is 6.29 Å². The number of hydrogen-bond acceptors (Lipinski definition) is 7. The summed E-state index contributed by atoms with van der Waals surface area (Å²) in [5.41, 5.74) is 0.623. The monoisotopic (exact) mass is 462 g/mol. The van der Waals surface area contributed by atoms with Gasteiger partial charge in [-0.3, -0.25) is 9.69 Å². The Labute approximate surface area is 194 Å². The van der Waals surface area contributed by atoms with E-state index in [2.05, 4.69) is 20.3 Å². The van der Waals surface area contributed by atoms with Crippen molar-refractivity contribution in [3.63, 3.8) is 0 Å². The quantitative estimate of drug-likeness (QED) is 0.574. The number of anilines is 1. The van der Waals surface area contributed by atoms with Gasteiger partial charge in [-0.05, 0) is 62.8 Å². The van der Waals surface area contributed by atoms with Crippen molar-refractivity contribution in [2.75, 3.05) is 51.8 Å². The number of piperazine rings is 1. The molecule has 0 spiro atoms. The number of nitrogens with one attached hydrogen (secondary N) is 1. The lowest BCUT2D eigenvalue weighted by atomic mass is 9.84. The molecule has 2 heterocycles. The van der Waals surface area contributed by atoms with E-state index in [1.165, 1.54) is 18.6 Å². The number of nitrogens with zero attached hydrogens (tertiary/aromatic N) is 3. The van der Waals surface area contributed by atoms with E-state index in [9.17, 15) is 9.18 Å². The fraction of sp³-hybridized carbons (Fsp3) is 0.667. The van der Waals surface area contributed by atoms with Gasteiger partial charge in [-0.2, -0.15) is 0 Å². The van der Waals surface area contributed by atoms with E-state index in [0.717, 1.165) is 69.6 Å². The maximum absolute atomic E-state index is 13.6. The highest BCUT2D eigenvalue weighted by molar-refractivity contribution is 5.88. The smallest absolute Gasteiger partial charge is 0.225 e. The van der Waals surface area contributed by atoms with Crippen molar-refractivity contribution in [3.8, 4) is 0 Å². The Hall–Kier alpha value is -2.23. The molecule has 0 unspecified atom stereocenters. The minimum absolute atomic E-state index is 0.00681. The third-order valence-corrected chi connectivity index (χ3v) is 7.03. The predicted octanol–water partition coefficient (Wildman–Crippen LogP) is 3.16. The summed E-state index contributed by atoms with van der Waals surface area (Å²) in [4.78, 5) is 16.8. The maximum Gasteiger partial charge on any atom is 0.225 e. The van der Waals surface area contributed by atoms with Gasteiger partial charge in [0.25, 0.3) is 0 Å². The van der Waals surface area contributed by atoms with Gasteiger partial charge in [0.2, 0.25) is 5.91 Å². The Kier molecular flexibility index (Phi) is 8.16. The number of halogens is 1. The number of benzene rings is 1. The summed E-state index contributed by atoms with van der Waals surface area (Å²) in [7, 11) is 3.09. The molecule has 1 saturated heterocycles. The third-order valence-electron chi connectivity index (χ3n) is 7.03. The van der Waals surface area contributed by atoms with Gasteiger partial charge in [0.05, 0.1) is 11.8 Å². The van der Waals surface area contributed by atoms with Crippen LogP contribution in [0.25, 0.3) is 11.0 Å². The summed E-state index contributed by atoms with van der Waals surface area (Å²) in [6, 6.07) is 4.79. The highest BCUT2D eigenvalue weighted by Crippen LogP contribution is 2.29. The molecule has 0 radical (unpaired) electrons. The first-order chi connectivity index (χ1) is 16.1. The van der Waals surface area contributed by atoms with Crippen LogP contribution in [0.5, 0.6) is 0 Å². The number of carbonyl (C=O) groups excluding carboxylic acids is 1. The molecule has 8 nitrogen and oxygen atoms in total. The Balaban J connectivity index is 1.15. The molecule has 1 aliphatic heterocycles. The normalized spacial score (nSPS) is 22.2. The lowest BCUT2D eigenvalue weighted by molar-refractivity contribution is -0.140. The van der Waals surface area contributed by atoms with Gasteiger partial charge in [0, 0.05) is 46.4 Å². The first-order valence-electron chi connectivity index (χ1n) is 11.9. The maximum atomic E-state index is 13.6. The molecule has 1 aliphatic carbocycles. The van der Waals surface area contributed by atoms with Crippen LogP contribution in [0, 0.1) is 11.7 Å². The molecule has 4 rings (SSSR count). The number of aromatic nitrogens is 1. The summed E-state index contributed by atoms with van der Waals surface area (Å²) >= 11 is 0. The van der Waals surface area contributed by atoms with Crippen LogP contribution in [0.1, 0.15) is 38.5 Å². The number of rotatable bonds is 9. The summed E-state index contributed by atoms with van der Waals surface area (Å²) in [6.07, 6.45) is 5.31. The number of fused-ring (bicyclic) bond motifs is 1. The molecule has 1 N–H and O–H groups in total. The van der Waals surface area contributed by atoms with E-state index in [1.54, 1.807) is 20.3 Å². The zero-order valence-electron chi connectivity index (χ0n) is 19.6. The number of hydrogen-bond donors (Lipinski definition) is 1. The fourth-order valence-electron chi connectivity index (χ4n) is 4.97. The van der Waals surface area contributed by atoms with Gasteiger partial charge in [-0.15, -0.1) is 0 Å². The van der Waals surface area contributed by atoms with Crippen molar-refractivity contribution >= 4 is 22.7 Å². The van der Waals surface area contributed by atoms with Gasteiger partial charge in [-0.1, -0.05) is 5.16 Å². The van der Waals surface area contributed by atoms with Crippen LogP contribution in [0.15, 0.2) is 22.7 Å². The summed E-state index contributed by atoms with van der Waals surface area (Å²) in [6.45, 7) is 4.75. The van der Waals surface area contributed by atoms with Crippen molar-refractivity contribution in [3.05, 3.63) is 24.0 Å². The molecule has 0 atom stereocenters. The molecule has 2 aliphatic rings. The van der Waals surface area contributed by atoms with Crippen LogP contribution < -0.4 is 10.2 Å². The summed E-state index contributed by atoms with van der Waals surface area (Å²) in [5, 5.41) is 8.05. The second-order valence-electron chi connectivity index (χ2n) is 9.15. The Morgan fingerprint density at radius 2 is 1.91 bits per heavy atom. The average molecular weight is 463 g/mol.